The van der Waals surface area contributed by atoms with Crippen molar-refractivity contribution in [1.82, 2.24) is 4.90 Å². The van der Waals surface area contributed by atoms with E-state index in [0.29, 0.717) is 0 Å². The van der Waals surface area contributed by atoms with E-state index >= 15 is 0 Å². The largest absolute Gasteiger partial charge is 0.462 e. The van der Waals surface area contributed by atoms with Gasteiger partial charge in [0.2, 0.25) is 0 Å². The van der Waals surface area contributed by atoms with Crippen LogP contribution >= 0.6 is 0 Å². The first-order chi connectivity index (χ1) is 12.1. The molecule has 2 saturated heterocycles. The van der Waals surface area contributed by atoms with Crippen molar-refractivity contribution in [2.75, 3.05) is 43.4 Å². The molecule has 1 spiro atoms. The van der Waals surface area contributed by atoms with E-state index in [-0.39, 0.29) is 17.5 Å². The van der Waals surface area contributed by atoms with Crippen molar-refractivity contribution in [3.8, 4) is 0 Å². The van der Waals surface area contributed by atoms with Crippen molar-refractivity contribution in [1.29, 1.82) is 0 Å². The van der Waals surface area contributed by atoms with Gasteiger partial charge in [-0.15, -0.1) is 0 Å². The van der Waals surface area contributed by atoms with Crippen LogP contribution in [-0.4, -0.2) is 49.7 Å². The van der Waals surface area contributed by atoms with Crippen LogP contribution in [0.3, 0.4) is 0 Å². The Balaban J connectivity index is 1.23. The number of carbonyl (C=O) groups is 1. The Labute approximate surface area is 150 Å². The van der Waals surface area contributed by atoms with Crippen molar-refractivity contribution in [2.45, 2.75) is 44.6 Å². The van der Waals surface area contributed by atoms with Gasteiger partial charge < -0.3 is 15.4 Å². The number of anilines is 2. The number of esters is 1. The van der Waals surface area contributed by atoms with Crippen molar-refractivity contribution < 1.29 is 9.53 Å². The molecular weight excluding hydrogens is 314 g/mol. The highest BCUT2D eigenvalue weighted by atomic mass is 16.6. The molecule has 4 rings (SSSR count). The molecule has 3 aliphatic rings. The molecule has 1 atom stereocenters. The maximum Gasteiger partial charge on any atom is 0.312 e. The minimum Gasteiger partial charge on any atom is -0.462 e. The van der Waals surface area contributed by atoms with Gasteiger partial charge in [-0.3, -0.25) is 9.69 Å². The van der Waals surface area contributed by atoms with E-state index in [0.717, 1.165) is 64.1 Å². The molecule has 2 aliphatic heterocycles. The molecule has 1 aliphatic carbocycles. The monoisotopic (exact) mass is 343 g/mol. The molecule has 1 aromatic carbocycles. The molecule has 2 N–H and O–H groups in total. The molecule has 3 fully saturated rings. The smallest absolute Gasteiger partial charge is 0.312 e. The summed E-state index contributed by atoms with van der Waals surface area (Å²) in [7, 11) is 0. The van der Waals surface area contributed by atoms with Crippen LogP contribution in [0.15, 0.2) is 24.3 Å². The SMILES string of the molecule is Nc1ccc(N2CCN(CCC3CC4(CCCC4)C(=O)O3)CC2)cc1. The third-order valence-electron chi connectivity index (χ3n) is 6.28. The van der Waals surface area contributed by atoms with Crippen molar-refractivity contribution >= 4 is 17.3 Å². The van der Waals surface area contributed by atoms with E-state index in [2.05, 4.69) is 21.9 Å². The third kappa shape index (κ3) is 3.47. The van der Waals surface area contributed by atoms with Gasteiger partial charge in [-0.1, -0.05) is 12.8 Å². The Morgan fingerprint density at radius 2 is 1.76 bits per heavy atom. The number of nitrogens with zero attached hydrogens (tertiary/aromatic N) is 2. The first kappa shape index (κ1) is 16.7. The van der Waals surface area contributed by atoms with Crippen LogP contribution in [-0.2, 0) is 9.53 Å². The number of hydrogen-bond donors (Lipinski definition) is 1. The molecule has 0 aromatic heterocycles. The van der Waals surface area contributed by atoms with Crippen LogP contribution in [0, 0.1) is 5.41 Å². The topological polar surface area (TPSA) is 58.8 Å². The Kier molecular flexibility index (Phi) is 4.59. The average molecular weight is 343 g/mol. The standard InChI is InChI=1S/C20H29N3O2/c21-16-3-5-17(6-4-16)23-13-11-22(12-14-23)10-7-18-15-20(19(24)25-18)8-1-2-9-20/h3-6,18H,1-2,7-15,21H2. The molecule has 1 saturated carbocycles. The fourth-order valence-corrected chi connectivity index (χ4v) is 4.70. The Bertz CT molecular complexity index is 602. The number of cyclic esters (lactones) is 1. The lowest BCUT2D eigenvalue weighted by Crippen LogP contribution is -2.47. The summed E-state index contributed by atoms with van der Waals surface area (Å²) < 4.78 is 5.70. The highest BCUT2D eigenvalue weighted by molar-refractivity contribution is 5.79. The predicted octanol–water partition coefficient (Wildman–Crippen LogP) is 2.66. The quantitative estimate of drug-likeness (QED) is 0.673. The Morgan fingerprint density at radius 3 is 2.44 bits per heavy atom. The molecule has 0 amide bonds. The first-order valence-corrected chi connectivity index (χ1v) is 9.69. The fraction of sp³-hybridized carbons (Fsp3) is 0.650. The van der Waals surface area contributed by atoms with E-state index in [1.165, 1.54) is 18.5 Å². The van der Waals surface area contributed by atoms with Crippen LogP contribution < -0.4 is 10.6 Å². The number of benzene rings is 1. The van der Waals surface area contributed by atoms with E-state index < -0.39 is 0 Å². The lowest BCUT2D eigenvalue weighted by atomic mass is 9.83. The molecule has 1 aromatic rings. The van der Waals surface area contributed by atoms with Crippen LogP contribution in [0.4, 0.5) is 11.4 Å². The summed E-state index contributed by atoms with van der Waals surface area (Å²) in [6.07, 6.45) is 6.54. The molecule has 2 heterocycles. The number of hydrogen-bond acceptors (Lipinski definition) is 5. The van der Waals surface area contributed by atoms with Gasteiger partial charge in [0.25, 0.3) is 0 Å². The summed E-state index contributed by atoms with van der Waals surface area (Å²) >= 11 is 0. The second-order valence-electron chi connectivity index (χ2n) is 7.93. The van der Waals surface area contributed by atoms with Crippen molar-refractivity contribution in [2.24, 2.45) is 5.41 Å². The number of nitrogens with two attached hydrogens (primary N) is 1. The van der Waals surface area contributed by atoms with Gasteiger partial charge in [0.05, 0.1) is 5.41 Å². The van der Waals surface area contributed by atoms with Gasteiger partial charge in [-0.25, -0.2) is 0 Å². The molecule has 5 nitrogen and oxygen atoms in total. The first-order valence-electron chi connectivity index (χ1n) is 9.69. The summed E-state index contributed by atoms with van der Waals surface area (Å²) in [5.41, 5.74) is 7.72. The van der Waals surface area contributed by atoms with E-state index in [9.17, 15) is 4.79 Å². The zero-order chi connectivity index (χ0) is 17.3. The lowest BCUT2D eigenvalue weighted by Gasteiger charge is -2.36. The molecule has 5 heteroatoms. The molecule has 1 unspecified atom stereocenters. The summed E-state index contributed by atoms with van der Waals surface area (Å²) in [5, 5.41) is 0. The number of piperazine rings is 1. The third-order valence-corrected chi connectivity index (χ3v) is 6.28. The average Bonchev–Trinajstić information content (AvgIpc) is 3.22. The van der Waals surface area contributed by atoms with Gasteiger partial charge in [0.1, 0.15) is 6.10 Å². The molecule has 0 radical (unpaired) electrons. The zero-order valence-electron chi connectivity index (χ0n) is 15.0. The van der Waals surface area contributed by atoms with Gasteiger partial charge in [-0.2, -0.15) is 0 Å². The number of ether oxygens (including phenoxy) is 1. The number of rotatable bonds is 4. The Morgan fingerprint density at radius 1 is 1.08 bits per heavy atom. The van der Waals surface area contributed by atoms with Crippen LogP contribution in [0.5, 0.6) is 0 Å². The molecule has 136 valence electrons. The van der Waals surface area contributed by atoms with E-state index in [1.54, 1.807) is 0 Å². The zero-order valence-corrected chi connectivity index (χ0v) is 15.0. The van der Waals surface area contributed by atoms with Crippen molar-refractivity contribution in [3.05, 3.63) is 24.3 Å². The second-order valence-corrected chi connectivity index (χ2v) is 7.93. The summed E-state index contributed by atoms with van der Waals surface area (Å²) in [6.45, 7) is 5.24. The molecule has 25 heavy (non-hydrogen) atoms. The second kappa shape index (κ2) is 6.87. The van der Waals surface area contributed by atoms with Gasteiger partial charge in [0.15, 0.2) is 0 Å². The van der Waals surface area contributed by atoms with Gasteiger partial charge in [-0.05, 0) is 43.5 Å². The maximum atomic E-state index is 12.2. The van der Waals surface area contributed by atoms with Gasteiger partial charge >= 0.3 is 5.97 Å². The summed E-state index contributed by atoms with van der Waals surface area (Å²) in [5.74, 6) is 0.0863. The Hall–Kier alpha value is -1.75. The minimum atomic E-state index is -0.113. The van der Waals surface area contributed by atoms with Crippen LogP contribution in [0.25, 0.3) is 0 Å². The fourth-order valence-electron chi connectivity index (χ4n) is 4.70. The summed E-state index contributed by atoms with van der Waals surface area (Å²) in [6, 6.07) is 8.14. The summed E-state index contributed by atoms with van der Waals surface area (Å²) in [4.78, 5) is 17.1. The van der Waals surface area contributed by atoms with Gasteiger partial charge in [0, 0.05) is 50.5 Å². The van der Waals surface area contributed by atoms with Crippen molar-refractivity contribution in [3.63, 3.8) is 0 Å². The van der Waals surface area contributed by atoms with E-state index in [1.807, 2.05) is 12.1 Å². The minimum absolute atomic E-state index is 0.0863. The molecule has 0 bridgehead atoms. The highest BCUT2D eigenvalue weighted by Gasteiger charge is 2.50. The maximum absolute atomic E-state index is 12.2. The molecular formula is C20H29N3O2. The normalized spacial score (nSPS) is 26.3. The number of nitrogen functional groups attached to an aromatic ring is 1. The van der Waals surface area contributed by atoms with Crippen LogP contribution in [0.1, 0.15) is 38.5 Å². The van der Waals surface area contributed by atoms with Crippen LogP contribution in [0.2, 0.25) is 0 Å². The number of carbonyl (C=O) groups excluding carboxylic acids is 1. The predicted molar refractivity (Wildman–Crippen MR) is 99.5 cm³/mol. The van der Waals surface area contributed by atoms with E-state index in [4.69, 9.17) is 10.5 Å². The lowest BCUT2D eigenvalue weighted by molar-refractivity contribution is -0.148. The highest BCUT2D eigenvalue weighted by Crippen LogP contribution is 2.48.